The lowest BCUT2D eigenvalue weighted by Gasteiger charge is -2.36. The summed E-state index contributed by atoms with van der Waals surface area (Å²) in [6.07, 6.45) is 7.83. The van der Waals surface area contributed by atoms with E-state index in [0.29, 0.717) is 10.9 Å². The van der Waals surface area contributed by atoms with Gasteiger partial charge in [0.15, 0.2) is 5.65 Å². The van der Waals surface area contributed by atoms with Gasteiger partial charge in [0.2, 0.25) is 0 Å². The van der Waals surface area contributed by atoms with Gasteiger partial charge in [-0.25, -0.2) is 9.97 Å². The van der Waals surface area contributed by atoms with Crippen molar-refractivity contribution in [2.45, 2.75) is 50.4 Å². The zero-order chi connectivity index (χ0) is 13.5. The highest BCUT2D eigenvalue weighted by molar-refractivity contribution is 6.31. The number of alkyl halides is 1. The minimum absolute atomic E-state index is 0.0814. The van der Waals surface area contributed by atoms with Gasteiger partial charge in [-0.05, 0) is 25.8 Å². The van der Waals surface area contributed by atoms with Crippen molar-refractivity contribution in [3.05, 3.63) is 23.1 Å². The van der Waals surface area contributed by atoms with Crippen molar-refractivity contribution in [3.63, 3.8) is 0 Å². The third-order valence-electron chi connectivity index (χ3n) is 4.12. The molecule has 0 bridgehead atoms. The molecular formula is C14H17Cl2N3. The number of imidazole rings is 1. The van der Waals surface area contributed by atoms with Gasteiger partial charge >= 0.3 is 0 Å². The minimum atomic E-state index is 0.0814. The fraction of sp³-hybridized carbons (Fsp3) is 0.571. The maximum atomic E-state index is 6.08. The molecule has 19 heavy (non-hydrogen) atoms. The zero-order valence-electron chi connectivity index (χ0n) is 11.0. The topological polar surface area (TPSA) is 30.7 Å². The average Bonchev–Trinajstić information content (AvgIpc) is 2.77. The van der Waals surface area contributed by atoms with Crippen LogP contribution in [0.4, 0.5) is 0 Å². The molecule has 2 heterocycles. The van der Waals surface area contributed by atoms with Gasteiger partial charge in [-0.3, -0.25) is 0 Å². The Labute approximate surface area is 122 Å². The third-order valence-corrected chi connectivity index (χ3v) is 4.57. The van der Waals surface area contributed by atoms with Gasteiger partial charge < -0.3 is 4.57 Å². The fourth-order valence-corrected chi connectivity index (χ4v) is 3.51. The van der Waals surface area contributed by atoms with E-state index in [4.69, 9.17) is 23.2 Å². The SMILES string of the molecule is CC1(n2c(CCl)nc3cc(Cl)cnc32)CCCCC1. The van der Waals surface area contributed by atoms with Crippen molar-refractivity contribution in [3.8, 4) is 0 Å². The highest BCUT2D eigenvalue weighted by atomic mass is 35.5. The molecule has 1 fully saturated rings. The number of fused-ring (bicyclic) bond motifs is 1. The van der Waals surface area contributed by atoms with Gasteiger partial charge in [0.1, 0.15) is 11.3 Å². The molecule has 5 heteroatoms. The van der Waals surface area contributed by atoms with Gasteiger partial charge in [0.25, 0.3) is 0 Å². The van der Waals surface area contributed by atoms with Crippen LogP contribution >= 0.6 is 23.2 Å². The number of pyridine rings is 1. The van der Waals surface area contributed by atoms with E-state index >= 15 is 0 Å². The van der Waals surface area contributed by atoms with Crippen LogP contribution in [0.1, 0.15) is 44.9 Å². The van der Waals surface area contributed by atoms with Crippen molar-refractivity contribution < 1.29 is 0 Å². The summed E-state index contributed by atoms with van der Waals surface area (Å²) in [7, 11) is 0. The number of halogens is 2. The first-order valence-electron chi connectivity index (χ1n) is 6.73. The van der Waals surface area contributed by atoms with Crippen LogP contribution in [0, 0.1) is 0 Å². The quantitative estimate of drug-likeness (QED) is 0.764. The highest BCUT2D eigenvalue weighted by Gasteiger charge is 2.32. The van der Waals surface area contributed by atoms with Crippen LogP contribution in [-0.4, -0.2) is 14.5 Å². The molecule has 0 amide bonds. The van der Waals surface area contributed by atoms with Gasteiger partial charge in [0.05, 0.1) is 10.9 Å². The second kappa shape index (κ2) is 4.95. The van der Waals surface area contributed by atoms with Gasteiger partial charge in [0, 0.05) is 11.7 Å². The number of hydrogen-bond donors (Lipinski definition) is 0. The van der Waals surface area contributed by atoms with Crippen molar-refractivity contribution >= 4 is 34.4 Å². The molecule has 1 aliphatic rings. The summed E-state index contributed by atoms with van der Waals surface area (Å²) in [4.78, 5) is 9.08. The van der Waals surface area contributed by atoms with Gasteiger partial charge in [-0.1, -0.05) is 30.9 Å². The predicted octanol–water partition coefficient (Wildman–Crippen LogP) is 4.50. The Balaban J connectivity index is 2.20. The summed E-state index contributed by atoms with van der Waals surface area (Å²) in [5.41, 5.74) is 1.83. The van der Waals surface area contributed by atoms with E-state index in [2.05, 4.69) is 21.5 Å². The molecule has 0 saturated heterocycles. The van der Waals surface area contributed by atoms with E-state index in [-0.39, 0.29) is 5.54 Å². The maximum absolute atomic E-state index is 6.08. The molecule has 0 unspecified atom stereocenters. The van der Waals surface area contributed by atoms with Crippen LogP contribution in [0.3, 0.4) is 0 Å². The Kier molecular flexibility index (Phi) is 3.44. The van der Waals surface area contributed by atoms with E-state index in [9.17, 15) is 0 Å². The fourth-order valence-electron chi connectivity index (χ4n) is 3.18. The summed E-state index contributed by atoms with van der Waals surface area (Å²) in [6.45, 7) is 2.29. The van der Waals surface area contributed by atoms with E-state index in [1.807, 2.05) is 6.07 Å². The van der Waals surface area contributed by atoms with Gasteiger partial charge in [-0.15, -0.1) is 11.6 Å². The van der Waals surface area contributed by atoms with E-state index < -0.39 is 0 Å². The standard InChI is InChI=1S/C14H17Cl2N3/c1-14(5-3-2-4-6-14)19-12(8-15)18-11-7-10(16)9-17-13(11)19/h7,9H,2-6,8H2,1H3. The summed E-state index contributed by atoms with van der Waals surface area (Å²) in [5.74, 6) is 1.31. The lowest BCUT2D eigenvalue weighted by Crippen LogP contribution is -2.33. The number of hydrogen-bond acceptors (Lipinski definition) is 2. The van der Waals surface area contributed by atoms with Crippen LogP contribution in [0.2, 0.25) is 5.02 Å². The number of rotatable bonds is 2. The molecule has 3 nitrogen and oxygen atoms in total. The molecule has 3 rings (SSSR count). The number of nitrogens with zero attached hydrogens (tertiary/aromatic N) is 3. The monoisotopic (exact) mass is 297 g/mol. The molecule has 0 spiro atoms. The Morgan fingerprint density at radius 1 is 1.32 bits per heavy atom. The molecule has 0 aromatic carbocycles. The molecule has 0 aliphatic heterocycles. The van der Waals surface area contributed by atoms with Crippen molar-refractivity contribution in [1.29, 1.82) is 0 Å². The normalized spacial score (nSPS) is 18.9. The maximum Gasteiger partial charge on any atom is 0.160 e. The molecule has 102 valence electrons. The third kappa shape index (κ3) is 2.23. The summed E-state index contributed by atoms with van der Waals surface area (Å²) >= 11 is 12.1. The highest BCUT2D eigenvalue weighted by Crippen LogP contribution is 2.38. The molecule has 2 aromatic heterocycles. The van der Waals surface area contributed by atoms with E-state index in [0.717, 1.165) is 29.8 Å². The lowest BCUT2D eigenvalue weighted by atomic mass is 9.83. The summed E-state index contributed by atoms with van der Waals surface area (Å²) in [6, 6.07) is 1.86. The first-order chi connectivity index (χ1) is 9.14. The van der Waals surface area contributed by atoms with Crippen LogP contribution in [0.25, 0.3) is 11.2 Å². The van der Waals surface area contributed by atoms with Crippen molar-refractivity contribution in [2.75, 3.05) is 0 Å². The summed E-state index contributed by atoms with van der Waals surface area (Å²) < 4.78 is 2.24. The first-order valence-corrected chi connectivity index (χ1v) is 7.65. The molecule has 1 saturated carbocycles. The summed E-state index contributed by atoms with van der Waals surface area (Å²) in [5, 5.41) is 0.618. The van der Waals surface area contributed by atoms with Crippen molar-refractivity contribution in [1.82, 2.24) is 14.5 Å². The molecular weight excluding hydrogens is 281 g/mol. The second-order valence-corrected chi connectivity index (χ2v) is 6.25. The number of aromatic nitrogens is 3. The Morgan fingerprint density at radius 3 is 2.74 bits per heavy atom. The Morgan fingerprint density at radius 2 is 2.05 bits per heavy atom. The molecule has 0 atom stereocenters. The minimum Gasteiger partial charge on any atom is -0.306 e. The second-order valence-electron chi connectivity index (χ2n) is 5.55. The van der Waals surface area contributed by atoms with Crippen LogP contribution in [0.5, 0.6) is 0 Å². The Bertz CT molecular complexity index is 600. The predicted molar refractivity (Wildman–Crippen MR) is 78.8 cm³/mol. The van der Waals surface area contributed by atoms with E-state index in [1.54, 1.807) is 6.20 Å². The largest absolute Gasteiger partial charge is 0.306 e. The molecule has 0 N–H and O–H groups in total. The van der Waals surface area contributed by atoms with Crippen LogP contribution in [-0.2, 0) is 11.4 Å². The first kappa shape index (κ1) is 13.2. The molecule has 0 radical (unpaired) electrons. The molecule has 2 aromatic rings. The van der Waals surface area contributed by atoms with Crippen LogP contribution in [0.15, 0.2) is 12.3 Å². The lowest BCUT2D eigenvalue weighted by molar-refractivity contribution is 0.219. The smallest absolute Gasteiger partial charge is 0.160 e. The average molecular weight is 298 g/mol. The zero-order valence-corrected chi connectivity index (χ0v) is 12.5. The van der Waals surface area contributed by atoms with Gasteiger partial charge in [-0.2, -0.15) is 0 Å². The molecule has 1 aliphatic carbocycles. The van der Waals surface area contributed by atoms with Crippen LogP contribution < -0.4 is 0 Å². The van der Waals surface area contributed by atoms with Crippen molar-refractivity contribution in [2.24, 2.45) is 0 Å². The Hall–Kier alpha value is -0.800. The van der Waals surface area contributed by atoms with E-state index in [1.165, 1.54) is 19.3 Å².